The average molecular weight is 584 g/mol. The van der Waals surface area contributed by atoms with E-state index in [1.54, 1.807) is 45.8 Å². The molecule has 0 saturated carbocycles. The zero-order valence-corrected chi connectivity index (χ0v) is 22.8. The summed E-state index contributed by atoms with van der Waals surface area (Å²) in [6, 6.07) is 8.00. The van der Waals surface area contributed by atoms with Gasteiger partial charge in [-0.25, -0.2) is 0 Å². The van der Waals surface area contributed by atoms with Crippen LogP contribution in [0.2, 0.25) is 5.02 Å². The van der Waals surface area contributed by atoms with E-state index < -0.39 is 0 Å². The molecule has 0 bridgehead atoms. The molecule has 0 amide bonds. The molecule has 164 valence electrons. The molecule has 0 aliphatic carbocycles. The molecule has 4 heterocycles. The molecular formula is C22H18BrClN3OS4+. The predicted molar refractivity (Wildman–Crippen MR) is 142 cm³/mol. The average Bonchev–Trinajstić information content (AvgIpc) is 3.52. The molecule has 0 spiro atoms. The van der Waals surface area contributed by atoms with Crippen molar-refractivity contribution in [2.24, 2.45) is 0 Å². The maximum absolute atomic E-state index is 13.3. The Morgan fingerprint density at radius 3 is 2.81 bits per heavy atom. The number of fused-ring (bicyclic) bond motifs is 1. The van der Waals surface area contributed by atoms with Gasteiger partial charge in [0, 0.05) is 29.1 Å². The summed E-state index contributed by atoms with van der Waals surface area (Å²) in [5.74, 6) is 0. The first-order valence-electron chi connectivity index (χ1n) is 9.82. The lowest BCUT2D eigenvalue weighted by atomic mass is 10.3. The Morgan fingerprint density at radius 1 is 1.22 bits per heavy atom. The van der Waals surface area contributed by atoms with Crippen LogP contribution in [-0.4, -0.2) is 11.6 Å². The van der Waals surface area contributed by atoms with Gasteiger partial charge in [-0.2, -0.15) is 4.57 Å². The SMILES string of the molecule is CCn1c(=Cc2scc[n+]2Cc2ccsc2Br)sc(=C2Sc3cc(Cl)ccc3N2C)c1=O. The van der Waals surface area contributed by atoms with Gasteiger partial charge < -0.3 is 4.90 Å². The van der Waals surface area contributed by atoms with Crippen LogP contribution in [0.5, 0.6) is 0 Å². The lowest BCUT2D eigenvalue weighted by Gasteiger charge is -2.12. The van der Waals surface area contributed by atoms with Gasteiger partial charge in [-0.3, -0.25) is 9.36 Å². The fraction of sp³-hybridized carbons (Fsp3) is 0.182. The Kier molecular flexibility index (Phi) is 6.39. The summed E-state index contributed by atoms with van der Waals surface area (Å²) in [7, 11) is 2.01. The molecule has 0 unspecified atom stereocenters. The van der Waals surface area contributed by atoms with Crippen LogP contribution in [0.1, 0.15) is 17.5 Å². The zero-order chi connectivity index (χ0) is 22.4. The number of benzene rings is 1. The second kappa shape index (κ2) is 9.12. The molecule has 0 atom stereocenters. The Hall–Kier alpha value is -1.36. The third-order valence-electron chi connectivity index (χ3n) is 5.21. The van der Waals surface area contributed by atoms with Crippen LogP contribution < -0.4 is 24.2 Å². The van der Waals surface area contributed by atoms with Gasteiger partial charge in [-0.15, -0.1) is 22.7 Å². The van der Waals surface area contributed by atoms with Crippen molar-refractivity contribution in [2.45, 2.75) is 24.9 Å². The van der Waals surface area contributed by atoms with E-state index in [1.807, 2.05) is 36.7 Å². The van der Waals surface area contributed by atoms with Crippen LogP contribution in [0.25, 0.3) is 11.1 Å². The number of thiazole rings is 2. The predicted octanol–water partition coefficient (Wildman–Crippen LogP) is 4.94. The highest BCUT2D eigenvalue weighted by Gasteiger charge is 2.25. The maximum Gasteiger partial charge on any atom is 0.271 e. The fourth-order valence-electron chi connectivity index (χ4n) is 3.58. The zero-order valence-electron chi connectivity index (χ0n) is 17.2. The fourth-order valence-corrected chi connectivity index (χ4v) is 8.39. The van der Waals surface area contributed by atoms with Gasteiger partial charge in [0.15, 0.2) is 12.7 Å². The molecule has 3 aromatic heterocycles. The lowest BCUT2D eigenvalue weighted by molar-refractivity contribution is -0.685. The quantitative estimate of drug-likeness (QED) is 0.319. The Balaban J connectivity index is 1.62. The molecule has 32 heavy (non-hydrogen) atoms. The minimum atomic E-state index is 0.0562. The normalized spacial score (nSPS) is 15.6. The van der Waals surface area contributed by atoms with Crippen molar-refractivity contribution in [2.75, 3.05) is 11.9 Å². The van der Waals surface area contributed by atoms with Crippen LogP contribution in [0.15, 0.2) is 54.7 Å². The number of halogens is 2. The van der Waals surface area contributed by atoms with Gasteiger partial charge in [0.25, 0.3) is 10.6 Å². The third-order valence-corrected chi connectivity index (χ3v) is 10.6. The van der Waals surface area contributed by atoms with Crippen LogP contribution in [0, 0.1) is 0 Å². The first kappa shape index (κ1) is 22.4. The summed E-state index contributed by atoms with van der Waals surface area (Å²) in [6.07, 6.45) is 4.23. The van der Waals surface area contributed by atoms with Gasteiger partial charge in [0.1, 0.15) is 14.2 Å². The van der Waals surface area contributed by atoms with Gasteiger partial charge in [-0.05, 0) is 52.5 Å². The minimum Gasteiger partial charge on any atom is -0.337 e. The molecule has 4 aromatic rings. The molecule has 5 rings (SSSR count). The first-order valence-corrected chi connectivity index (χ1v) is 14.4. The molecule has 0 radical (unpaired) electrons. The summed E-state index contributed by atoms with van der Waals surface area (Å²) in [6.45, 7) is 3.44. The number of hydrogen-bond donors (Lipinski definition) is 0. The minimum absolute atomic E-state index is 0.0562. The highest BCUT2D eigenvalue weighted by atomic mass is 79.9. The number of thioether (sulfide) groups is 1. The van der Waals surface area contributed by atoms with E-state index in [1.165, 1.54) is 5.56 Å². The maximum atomic E-state index is 13.3. The van der Waals surface area contributed by atoms with Crippen molar-refractivity contribution in [3.05, 3.63) is 80.2 Å². The van der Waals surface area contributed by atoms with E-state index in [-0.39, 0.29) is 5.56 Å². The van der Waals surface area contributed by atoms with Gasteiger partial charge in [0.2, 0.25) is 0 Å². The summed E-state index contributed by atoms with van der Waals surface area (Å²) in [5, 5.41) is 6.96. The van der Waals surface area contributed by atoms with Crippen molar-refractivity contribution in [3.8, 4) is 0 Å². The van der Waals surface area contributed by atoms with Gasteiger partial charge >= 0.3 is 0 Å². The van der Waals surface area contributed by atoms with E-state index >= 15 is 0 Å². The van der Waals surface area contributed by atoms with Gasteiger partial charge in [0.05, 0.1) is 20.9 Å². The molecule has 0 saturated heterocycles. The third kappa shape index (κ3) is 4.03. The van der Waals surface area contributed by atoms with E-state index in [0.717, 1.165) is 40.1 Å². The number of hydrogen-bond acceptors (Lipinski definition) is 6. The lowest BCUT2D eigenvalue weighted by Crippen LogP contribution is -2.36. The highest BCUT2D eigenvalue weighted by Crippen LogP contribution is 2.46. The molecular weight excluding hydrogens is 566 g/mol. The number of thiophene rings is 1. The molecule has 10 heteroatoms. The Labute approximate surface area is 214 Å². The molecule has 0 fully saturated rings. The summed E-state index contributed by atoms with van der Waals surface area (Å²) < 4.78 is 6.97. The second-order valence-corrected chi connectivity index (χ2v) is 12.8. The standard InChI is InChI=1S/C22H18BrClN3OS4/c1-3-27-18(11-17-26(7-9-29-17)12-13-6-8-30-20(13)23)32-19(21(27)28)22-25(2)15-5-4-14(24)10-16(15)31-22/h4-11H,3,12H2,1-2H3/q+1. The van der Waals surface area contributed by atoms with Crippen LogP contribution in [0.3, 0.4) is 0 Å². The van der Waals surface area contributed by atoms with Crippen LogP contribution in [0.4, 0.5) is 5.69 Å². The monoisotopic (exact) mass is 582 g/mol. The highest BCUT2D eigenvalue weighted by molar-refractivity contribution is 9.11. The van der Waals surface area contributed by atoms with E-state index in [9.17, 15) is 4.79 Å². The summed E-state index contributed by atoms with van der Waals surface area (Å²) in [5.41, 5.74) is 2.39. The van der Waals surface area contributed by atoms with Crippen molar-refractivity contribution in [1.82, 2.24) is 4.57 Å². The molecule has 0 N–H and O–H groups in total. The number of nitrogens with zero attached hydrogens (tertiary/aromatic N) is 3. The van der Waals surface area contributed by atoms with Crippen molar-refractivity contribution < 1.29 is 4.57 Å². The second-order valence-electron chi connectivity index (χ2n) is 7.13. The number of rotatable bonds is 4. The first-order chi connectivity index (χ1) is 15.5. The van der Waals surface area contributed by atoms with Gasteiger partial charge in [-0.1, -0.05) is 34.7 Å². The van der Waals surface area contributed by atoms with Crippen molar-refractivity contribution in [3.63, 3.8) is 0 Å². The smallest absolute Gasteiger partial charge is 0.271 e. The topological polar surface area (TPSA) is 29.1 Å². The van der Waals surface area contributed by atoms with E-state index in [0.29, 0.717) is 11.6 Å². The van der Waals surface area contributed by atoms with Crippen LogP contribution in [-0.2, 0) is 13.1 Å². The molecule has 1 aliphatic rings. The summed E-state index contributed by atoms with van der Waals surface area (Å²) in [4.78, 5) is 16.5. The van der Waals surface area contributed by atoms with E-state index in [4.69, 9.17) is 11.6 Å². The number of aromatic nitrogens is 2. The summed E-state index contributed by atoms with van der Waals surface area (Å²) >= 11 is 16.4. The van der Waals surface area contributed by atoms with Crippen molar-refractivity contribution >= 4 is 90.1 Å². The van der Waals surface area contributed by atoms with Crippen LogP contribution >= 0.6 is 73.3 Å². The molecule has 4 nitrogen and oxygen atoms in total. The van der Waals surface area contributed by atoms with Crippen molar-refractivity contribution in [1.29, 1.82) is 0 Å². The molecule has 1 aliphatic heterocycles. The Morgan fingerprint density at radius 2 is 2.06 bits per heavy atom. The largest absolute Gasteiger partial charge is 0.337 e. The number of anilines is 1. The van der Waals surface area contributed by atoms with E-state index in [2.05, 4.69) is 54.5 Å². The Bertz CT molecular complexity index is 1500. The molecule has 1 aromatic carbocycles.